The van der Waals surface area contributed by atoms with Crippen LogP contribution in [0.15, 0.2) is 54.6 Å². The number of para-hydroxylation sites is 1. The molecule has 1 aromatic heterocycles. The second kappa shape index (κ2) is 7.97. The lowest BCUT2D eigenvalue weighted by molar-refractivity contribution is 0.0938. The Morgan fingerprint density at radius 1 is 1.19 bits per heavy atom. The van der Waals surface area contributed by atoms with Gasteiger partial charge in [0, 0.05) is 16.8 Å². The Labute approximate surface area is 163 Å². The second-order valence-corrected chi connectivity index (χ2v) is 7.04. The average Bonchev–Trinajstić information content (AvgIpc) is 3.00. The molecule has 0 saturated heterocycles. The van der Waals surface area contributed by atoms with Crippen LogP contribution in [0.25, 0.3) is 16.9 Å². The molecule has 0 saturated carbocycles. The van der Waals surface area contributed by atoms with Crippen molar-refractivity contribution >= 4 is 17.5 Å². The van der Waals surface area contributed by atoms with E-state index in [1.165, 1.54) is 6.07 Å². The molecule has 0 spiro atoms. The minimum absolute atomic E-state index is 0.0627. The summed E-state index contributed by atoms with van der Waals surface area (Å²) in [6.07, 6.45) is 0.836. The maximum atomic E-state index is 14.5. The molecule has 27 heavy (non-hydrogen) atoms. The van der Waals surface area contributed by atoms with Gasteiger partial charge in [-0.2, -0.15) is 0 Å². The summed E-state index contributed by atoms with van der Waals surface area (Å²) in [5.74, 6) is -0.507. The minimum Gasteiger partial charge on any atom is -0.350 e. The van der Waals surface area contributed by atoms with Crippen LogP contribution in [0.5, 0.6) is 0 Å². The molecule has 0 aliphatic carbocycles. The van der Waals surface area contributed by atoms with Crippen molar-refractivity contribution in [2.24, 2.45) is 0 Å². The summed E-state index contributed by atoms with van der Waals surface area (Å²) in [6.45, 7) is 5.81. The molecule has 3 rings (SSSR count). The van der Waals surface area contributed by atoms with Gasteiger partial charge in [-0.25, -0.2) is 4.39 Å². The largest absolute Gasteiger partial charge is 0.350 e. The second-order valence-electron chi connectivity index (χ2n) is 6.61. The minimum atomic E-state index is -0.347. The van der Waals surface area contributed by atoms with E-state index in [2.05, 4.69) is 5.32 Å². The predicted octanol–water partition coefficient (Wildman–Crippen LogP) is 5.77. The first-order valence-electron chi connectivity index (χ1n) is 8.96. The molecule has 1 unspecified atom stereocenters. The van der Waals surface area contributed by atoms with E-state index in [0.29, 0.717) is 22.0 Å². The third-order valence-corrected chi connectivity index (χ3v) is 4.97. The van der Waals surface area contributed by atoms with E-state index in [4.69, 9.17) is 11.6 Å². The molecule has 0 radical (unpaired) electrons. The van der Waals surface area contributed by atoms with Crippen molar-refractivity contribution < 1.29 is 9.18 Å². The number of amides is 1. The highest BCUT2D eigenvalue weighted by molar-refractivity contribution is 6.30. The van der Waals surface area contributed by atoms with E-state index in [0.717, 1.165) is 17.7 Å². The Bertz CT molecular complexity index is 963. The third kappa shape index (κ3) is 3.91. The smallest absolute Gasteiger partial charge is 0.253 e. The number of benzene rings is 2. The van der Waals surface area contributed by atoms with Gasteiger partial charge in [0.2, 0.25) is 0 Å². The molecule has 1 heterocycles. The highest BCUT2D eigenvalue weighted by atomic mass is 35.5. The Kier molecular flexibility index (Phi) is 5.66. The number of hydrogen-bond acceptors (Lipinski definition) is 1. The van der Waals surface area contributed by atoms with Crippen LogP contribution in [0.4, 0.5) is 4.39 Å². The molecule has 5 heteroatoms. The molecule has 2 aromatic carbocycles. The van der Waals surface area contributed by atoms with E-state index in [-0.39, 0.29) is 17.8 Å². The van der Waals surface area contributed by atoms with E-state index in [1.54, 1.807) is 34.9 Å². The maximum absolute atomic E-state index is 14.5. The molecular weight excluding hydrogens is 363 g/mol. The topological polar surface area (TPSA) is 34.0 Å². The average molecular weight is 385 g/mol. The standard InChI is InChI=1S/C22H22ClFN2O/c1-4-14(2)25-22(27)18-13-21(16-9-11-17(23)12-10-16)26(15(18)3)20-8-6-5-7-19(20)24/h5-14H,4H2,1-3H3,(H,25,27). The molecule has 0 bridgehead atoms. The normalized spacial score (nSPS) is 12.0. The van der Waals surface area contributed by atoms with Crippen LogP contribution >= 0.6 is 11.6 Å². The molecule has 1 amide bonds. The van der Waals surface area contributed by atoms with Gasteiger partial charge in [-0.1, -0.05) is 42.8 Å². The van der Waals surface area contributed by atoms with Gasteiger partial charge < -0.3 is 9.88 Å². The van der Waals surface area contributed by atoms with Crippen LogP contribution in [0.1, 0.15) is 36.3 Å². The lowest BCUT2D eigenvalue weighted by atomic mass is 10.1. The molecule has 0 aliphatic rings. The van der Waals surface area contributed by atoms with Gasteiger partial charge in [-0.15, -0.1) is 0 Å². The predicted molar refractivity (Wildman–Crippen MR) is 108 cm³/mol. The Hall–Kier alpha value is -2.59. The molecule has 140 valence electrons. The van der Waals surface area contributed by atoms with Crippen LogP contribution in [-0.4, -0.2) is 16.5 Å². The van der Waals surface area contributed by atoms with Gasteiger partial charge in [0.15, 0.2) is 0 Å². The summed E-state index contributed by atoms with van der Waals surface area (Å²) in [5.41, 5.74) is 3.22. The number of rotatable bonds is 5. The zero-order valence-corrected chi connectivity index (χ0v) is 16.3. The highest BCUT2D eigenvalue weighted by Crippen LogP contribution is 2.31. The van der Waals surface area contributed by atoms with Crippen molar-refractivity contribution in [3.8, 4) is 16.9 Å². The molecule has 1 N–H and O–H groups in total. The summed E-state index contributed by atoms with van der Waals surface area (Å²) in [4.78, 5) is 12.8. The maximum Gasteiger partial charge on any atom is 0.253 e. The molecule has 3 aromatic rings. The van der Waals surface area contributed by atoms with Crippen molar-refractivity contribution in [1.29, 1.82) is 0 Å². The summed E-state index contributed by atoms with van der Waals surface area (Å²) in [6, 6.07) is 15.7. The van der Waals surface area contributed by atoms with Crippen molar-refractivity contribution in [1.82, 2.24) is 9.88 Å². The van der Waals surface area contributed by atoms with E-state index >= 15 is 0 Å². The Morgan fingerprint density at radius 2 is 1.85 bits per heavy atom. The lowest BCUT2D eigenvalue weighted by Gasteiger charge is -2.14. The molecule has 3 nitrogen and oxygen atoms in total. The van der Waals surface area contributed by atoms with Crippen molar-refractivity contribution in [2.75, 3.05) is 0 Å². The van der Waals surface area contributed by atoms with Gasteiger partial charge >= 0.3 is 0 Å². The van der Waals surface area contributed by atoms with Crippen LogP contribution in [0.2, 0.25) is 5.02 Å². The van der Waals surface area contributed by atoms with Gasteiger partial charge in [0.25, 0.3) is 5.91 Å². The van der Waals surface area contributed by atoms with Gasteiger partial charge in [0.05, 0.1) is 16.9 Å². The van der Waals surface area contributed by atoms with Gasteiger partial charge in [-0.3, -0.25) is 4.79 Å². The zero-order valence-electron chi connectivity index (χ0n) is 15.6. The van der Waals surface area contributed by atoms with E-state index in [1.807, 2.05) is 39.0 Å². The number of carbonyl (C=O) groups is 1. The van der Waals surface area contributed by atoms with Crippen LogP contribution in [0.3, 0.4) is 0 Å². The van der Waals surface area contributed by atoms with Crippen LogP contribution in [-0.2, 0) is 0 Å². The lowest BCUT2D eigenvalue weighted by Crippen LogP contribution is -2.32. The summed E-state index contributed by atoms with van der Waals surface area (Å²) in [7, 11) is 0. The van der Waals surface area contributed by atoms with Crippen molar-refractivity contribution in [2.45, 2.75) is 33.2 Å². The number of nitrogens with zero attached hydrogens (tertiary/aromatic N) is 1. The monoisotopic (exact) mass is 384 g/mol. The first-order chi connectivity index (χ1) is 12.9. The quantitative estimate of drug-likeness (QED) is 0.595. The molecule has 0 fully saturated rings. The Balaban J connectivity index is 2.19. The zero-order chi connectivity index (χ0) is 19.6. The van der Waals surface area contributed by atoms with Gasteiger partial charge in [0.1, 0.15) is 5.82 Å². The highest BCUT2D eigenvalue weighted by Gasteiger charge is 2.21. The van der Waals surface area contributed by atoms with Crippen LogP contribution < -0.4 is 5.32 Å². The first kappa shape index (κ1) is 19.2. The van der Waals surface area contributed by atoms with Gasteiger partial charge in [-0.05, 0) is 56.2 Å². The van der Waals surface area contributed by atoms with E-state index < -0.39 is 0 Å². The number of nitrogens with one attached hydrogen (secondary N) is 1. The molecule has 0 aliphatic heterocycles. The number of carbonyl (C=O) groups excluding carboxylic acids is 1. The third-order valence-electron chi connectivity index (χ3n) is 4.71. The molecule has 1 atom stereocenters. The summed E-state index contributed by atoms with van der Waals surface area (Å²) < 4.78 is 16.3. The SMILES string of the molecule is CCC(C)NC(=O)c1cc(-c2ccc(Cl)cc2)n(-c2ccccc2F)c1C. The summed E-state index contributed by atoms with van der Waals surface area (Å²) in [5, 5.41) is 3.61. The van der Waals surface area contributed by atoms with Crippen molar-refractivity contribution in [3.63, 3.8) is 0 Å². The molecular formula is C22H22ClFN2O. The first-order valence-corrected chi connectivity index (χ1v) is 9.34. The number of aromatic nitrogens is 1. The fourth-order valence-corrected chi connectivity index (χ4v) is 3.14. The van der Waals surface area contributed by atoms with Crippen molar-refractivity contribution in [3.05, 3.63) is 76.7 Å². The fraction of sp³-hybridized carbons (Fsp3) is 0.227. The fourth-order valence-electron chi connectivity index (χ4n) is 3.02. The number of halogens is 2. The summed E-state index contributed by atoms with van der Waals surface area (Å²) >= 11 is 6.01. The van der Waals surface area contributed by atoms with E-state index in [9.17, 15) is 9.18 Å². The Morgan fingerprint density at radius 3 is 2.48 bits per heavy atom. The number of hydrogen-bond donors (Lipinski definition) is 1. The van der Waals surface area contributed by atoms with Crippen LogP contribution in [0, 0.1) is 12.7 Å².